The van der Waals surface area contributed by atoms with Gasteiger partial charge in [-0.2, -0.15) is 0 Å². The van der Waals surface area contributed by atoms with E-state index in [-0.39, 0.29) is 18.6 Å². The highest BCUT2D eigenvalue weighted by molar-refractivity contribution is 6.07. The lowest BCUT2D eigenvalue weighted by Crippen LogP contribution is -2.43. The number of methoxy groups -OCH3 is 1. The lowest BCUT2D eigenvalue weighted by atomic mass is 9.92. The zero-order valence-electron chi connectivity index (χ0n) is 15.9. The molecule has 0 spiro atoms. The van der Waals surface area contributed by atoms with Gasteiger partial charge in [-0.15, -0.1) is 0 Å². The smallest absolute Gasteiger partial charge is 0.326 e. The molecule has 0 aliphatic carbocycles. The van der Waals surface area contributed by atoms with Crippen LogP contribution in [0.5, 0.6) is 5.75 Å². The number of ether oxygens (including phenoxy) is 1. The van der Waals surface area contributed by atoms with Gasteiger partial charge in [0.15, 0.2) is 0 Å². The second-order valence-electron chi connectivity index (χ2n) is 6.79. The van der Waals surface area contributed by atoms with Crippen LogP contribution in [-0.2, 0) is 16.9 Å². The molecule has 0 aromatic heterocycles. The molecule has 2 aromatic rings. The van der Waals surface area contributed by atoms with Crippen molar-refractivity contribution in [3.8, 4) is 5.75 Å². The van der Waals surface area contributed by atoms with Crippen molar-refractivity contribution >= 4 is 11.9 Å². The minimum atomic E-state index is -1.10. The Balaban J connectivity index is 1.78. The third-order valence-electron chi connectivity index (χ3n) is 4.96. The van der Waals surface area contributed by atoms with Crippen molar-refractivity contribution in [3.63, 3.8) is 0 Å². The van der Waals surface area contributed by atoms with Crippen molar-refractivity contribution in [2.75, 3.05) is 20.3 Å². The fraction of sp³-hybridized carbons (Fsp3) is 0.333. The van der Waals surface area contributed by atoms with E-state index in [1.54, 1.807) is 20.1 Å². The van der Waals surface area contributed by atoms with Crippen molar-refractivity contribution in [2.45, 2.75) is 25.9 Å². The van der Waals surface area contributed by atoms with Gasteiger partial charge in [0.25, 0.3) is 5.91 Å². The maximum atomic E-state index is 13.1. The summed E-state index contributed by atoms with van der Waals surface area (Å²) in [5.74, 6) is 0.390. The molecule has 0 saturated carbocycles. The summed E-state index contributed by atoms with van der Waals surface area (Å²) >= 11 is 0. The number of amides is 3. The summed E-state index contributed by atoms with van der Waals surface area (Å²) in [6.07, 6.45) is 0. The van der Waals surface area contributed by atoms with Gasteiger partial charge in [0.2, 0.25) is 0 Å². The van der Waals surface area contributed by atoms with Gasteiger partial charge in [0, 0.05) is 6.54 Å². The monoisotopic (exact) mass is 367 g/mol. The van der Waals surface area contributed by atoms with Crippen LogP contribution in [0, 0.1) is 0 Å². The molecule has 3 rings (SSSR count). The Morgan fingerprint density at radius 2 is 1.85 bits per heavy atom. The van der Waals surface area contributed by atoms with E-state index in [2.05, 4.69) is 10.2 Å². The number of hydrogen-bond donors (Lipinski definition) is 1. The van der Waals surface area contributed by atoms with Gasteiger partial charge in [0.05, 0.1) is 13.8 Å². The fourth-order valence-corrected chi connectivity index (χ4v) is 3.26. The number of nitrogens with one attached hydrogen (secondary N) is 1. The number of benzene rings is 2. The quantitative estimate of drug-likeness (QED) is 0.765. The first-order chi connectivity index (χ1) is 13.0. The normalized spacial score (nSPS) is 19.5. The number of nitrogens with zero attached hydrogens (tertiary/aromatic N) is 2. The molecule has 1 fully saturated rings. The summed E-state index contributed by atoms with van der Waals surface area (Å²) < 4.78 is 5.25. The van der Waals surface area contributed by atoms with Crippen LogP contribution in [0.15, 0.2) is 54.6 Å². The van der Waals surface area contributed by atoms with E-state index in [0.29, 0.717) is 17.9 Å². The van der Waals surface area contributed by atoms with Crippen LogP contribution in [-0.4, -0.2) is 42.1 Å². The molecule has 3 amide bonds. The third kappa shape index (κ3) is 3.80. The second-order valence-corrected chi connectivity index (χ2v) is 6.79. The summed E-state index contributed by atoms with van der Waals surface area (Å²) in [7, 11) is 1.57. The van der Waals surface area contributed by atoms with Crippen LogP contribution in [0.25, 0.3) is 0 Å². The number of carbonyl (C=O) groups excluding carboxylic acids is 2. The Bertz CT molecular complexity index is 824. The van der Waals surface area contributed by atoms with Crippen molar-refractivity contribution < 1.29 is 14.3 Å². The Morgan fingerprint density at radius 1 is 1.11 bits per heavy atom. The van der Waals surface area contributed by atoms with E-state index in [0.717, 1.165) is 12.1 Å². The number of carbonyl (C=O) groups is 2. The van der Waals surface area contributed by atoms with E-state index in [4.69, 9.17) is 4.74 Å². The van der Waals surface area contributed by atoms with Gasteiger partial charge in [-0.3, -0.25) is 9.69 Å². The van der Waals surface area contributed by atoms with Crippen molar-refractivity contribution in [2.24, 2.45) is 0 Å². The number of imide groups is 1. The minimum Gasteiger partial charge on any atom is -0.497 e. The Morgan fingerprint density at radius 3 is 2.52 bits per heavy atom. The number of urea groups is 1. The van der Waals surface area contributed by atoms with Crippen molar-refractivity contribution in [3.05, 3.63) is 65.7 Å². The van der Waals surface area contributed by atoms with Crippen LogP contribution >= 0.6 is 0 Å². The average molecular weight is 367 g/mol. The molecule has 142 valence electrons. The minimum absolute atomic E-state index is 0.246. The standard InChI is InChI=1S/C21H25N3O3/c1-4-23(14-16-9-6-5-7-10-16)15-24-19(25)21(2,22-20(24)26)17-11-8-12-18(13-17)27-3/h5-13H,4,14-15H2,1-3H3,(H,22,26)/t21-/m1/s1. The molecule has 1 aliphatic heterocycles. The topological polar surface area (TPSA) is 61.9 Å². The van der Waals surface area contributed by atoms with Gasteiger partial charge in [-0.1, -0.05) is 49.4 Å². The lowest BCUT2D eigenvalue weighted by molar-refractivity contribution is -0.132. The lowest BCUT2D eigenvalue weighted by Gasteiger charge is -2.26. The van der Waals surface area contributed by atoms with Crippen LogP contribution in [0.4, 0.5) is 4.79 Å². The maximum absolute atomic E-state index is 13.1. The van der Waals surface area contributed by atoms with E-state index >= 15 is 0 Å². The van der Waals surface area contributed by atoms with Crippen LogP contribution in [0.2, 0.25) is 0 Å². The van der Waals surface area contributed by atoms with Crippen molar-refractivity contribution in [1.29, 1.82) is 0 Å². The molecular formula is C21H25N3O3. The zero-order valence-corrected chi connectivity index (χ0v) is 15.9. The number of rotatable bonds is 7. The maximum Gasteiger partial charge on any atom is 0.326 e. The molecule has 2 aromatic carbocycles. The summed E-state index contributed by atoms with van der Waals surface area (Å²) in [4.78, 5) is 29.0. The molecule has 1 N–H and O–H groups in total. The molecule has 1 saturated heterocycles. The van der Waals surface area contributed by atoms with Crippen LogP contribution in [0.3, 0.4) is 0 Å². The molecule has 1 atom stereocenters. The first-order valence-corrected chi connectivity index (χ1v) is 9.03. The Kier molecular flexibility index (Phi) is 5.46. The molecule has 1 aliphatic rings. The van der Waals surface area contributed by atoms with Gasteiger partial charge in [0.1, 0.15) is 11.3 Å². The van der Waals surface area contributed by atoms with E-state index in [1.807, 2.05) is 55.5 Å². The fourth-order valence-electron chi connectivity index (χ4n) is 3.26. The zero-order chi connectivity index (χ0) is 19.4. The SMILES string of the molecule is CCN(Cc1ccccc1)CN1C(=O)N[C@](C)(c2cccc(OC)c2)C1=O. The van der Waals surface area contributed by atoms with Gasteiger partial charge in [-0.25, -0.2) is 9.69 Å². The predicted octanol–water partition coefficient (Wildman–Crippen LogP) is 2.94. The number of hydrogen-bond acceptors (Lipinski definition) is 4. The Labute approximate surface area is 159 Å². The van der Waals surface area contributed by atoms with Gasteiger partial charge in [-0.05, 0) is 36.7 Å². The van der Waals surface area contributed by atoms with E-state index in [1.165, 1.54) is 4.90 Å². The van der Waals surface area contributed by atoms with Crippen molar-refractivity contribution in [1.82, 2.24) is 15.1 Å². The molecule has 6 heteroatoms. The van der Waals surface area contributed by atoms with Gasteiger partial charge >= 0.3 is 6.03 Å². The second kappa shape index (κ2) is 7.80. The molecule has 0 radical (unpaired) electrons. The van der Waals surface area contributed by atoms with Crippen LogP contribution < -0.4 is 10.1 Å². The van der Waals surface area contributed by atoms with Crippen LogP contribution in [0.1, 0.15) is 25.0 Å². The first kappa shape index (κ1) is 18.9. The average Bonchev–Trinajstić information content (AvgIpc) is 2.92. The van der Waals surface area contributed by atoms with E-state index in [9.17, 15) is 9.59 Å². The third-order valence-corrected chi connectivity index (χ3v) is 4.96. The summed E-state index contributed by atoms with van der Waals surface area (Å²) in [5, 5.41) is 2.85. The summed E-state index contributed by atoms with van der Waals surface area (Å²) in [5.41, 5.74) is 0.744. The molecule has 27 heavy (non-hydrogen) atoms. The molecule has 0 bridgehead atoms. The van der Waals surface area contributed by atoms with E-state index < -0.39 is 5.54 Å². The predicted molar refractivity (Wildman–Crippen MR) is 103 cm³/mol. The molecule has 0 unspecified atom stereocenters. The summed E-state index contributed by atoms with van der Waals surface area (Å²) in [6, 6.07) is 16.9. The highest BCUT2D eigenvalue weighted by Crippen LogP contribution is 2.31. The first-order valence-electron chi connectivity index (χ1n) is 9.03. The molecule has 1 heterocycles. The highest BCUT2D eigenvalue weighted by Gasteiger charge is 2.49. The summed E-state index contributed by atoms with van der Waals surface area (Å²) in [6.45, 7) is 5.39. The molecule has 6 nitrogen and oxygen atoms in total. The highest BCUT2D eigenvalue weighted by atomic mass is 16.5. The Hall–Kier alpha value is -2.86. The van der Waals surface area contributed by atoms with Gasteiger partial charge < -0.3 is 10.1 Å². The largest absolute Gasteiger partial charge is 0.497 e. The molecular weight excluding hydrogens is 342 g/mol.